The number of nitrogens with one attached hydrogen (secondary N) is 1. The van der Waals surface area contributed by atoms with Crippen LogP contribution in [0.25, 0.3) is 11.1 Å². The Balaban J connectivity index is 2.48. The molecule has 0 aliphatic carbocycles. The molecule has 0 saturated heterocycles. The minimum absolute atomic E-state index is 0.262. The number of carboxylic acid groups (broad SMARTS) is 1. The predicted octanol–water partition coefficient (Wildman–Crippen LogP) is 4.11. The average Bonchev–Trinajstić information content (AvgIpc) is 2.53. The highest BCUT2D eigenvalue weighted by Gasteiger charge is 2.20. The fourth-order valence-electron chi connectivity index (χ4n) is 2.61. The lowest BCUT2D eigenvalue weighted by Crippen LogP contribution is -2.27. The van der Waals surface area contributed by atoms with Crippen LogP contribution >= 0.6 is 0 Å². The van der Waals surface area contributed by atoms with E-state index in [1.54, 1.807) is 39.0 Å². The minimum atomic E-state index is -3.74. The Hall–Kier alpha value is -2.87. The molecule has 0 aromatic heterocycles. The predicted molar refractivity (Wildman–Crippen MR) is 107 cm³/mol. The van der Waals surface area contributed by atoms with Gasteiger partial charge in [0.2, 0.25) is 0 Å². The summed E-state index contributed by atoms with van der Waals surface area (Å²) in [5.41, 5.74) is 1.56. The molecule has 2 aromatic rings. The maximum Gasteiger partial charge on any atom is 0.412 e. The van der Waals surface area contributed by atoms with Crippen molar-refractivity contribution in [2.75, 3.05) is 11.6 Å². The monoisotopic (exact) mass is 405 g/mol. The Kier molecular flexibility index (Phi) is 5.84. The van der Waals surface area contributed by atoms with Gasteiger partial charge in [-0.3, -0.25) is 5.32 Å². The van der Waals surface area contributed by atoms with E-state index in [0.29, 0.717) is 16.8 Å². The lowest BCUT2D eigenvalue weighted by atomic mass is 9.98. The van der Waals surface area contributed by atoms with E-state index in [2.05, 4.69) is 5.32 Å². The maximum absolute atomic E-state index is 12.0. The fourth-order valence-corrected chi connectivity index (χ4v) is 3.50. The van der Waals surface area contributed by atoms with Crippen LogP contribution in [0.5, 0.6) is 0 Å². The van der Waals surface area contributed by atoms with E-state index in [-0.39, 0.29) is 10.5 Å². The molecular weight excluding hydrogens is 382 g/mol. The van der Waals surface area contributed by atoms with Gasteiger partial charge in [0.15, 0.2) is 9.84 Å². The standard InChI is InChI=1S/C20H23NO6S/c1-12-6-8-14(21-19(24)27-20(2,3)4)11-16(12)13-7-9-15(18(22)23)17(10-13)28(5,25)26/h6-11H,1-5H3,(H,21,24)(H,22,23). The lowest BCUT2D eigenvalue weighted by Gasteiger charge is -2.20. The first-order valence-electron chi connectivity index (χ1n) is 8.46. The molecule has 8 heteroatoms. The van der Waals surface area contributed by atoms with Crippen LogP contribution in [-0.4, -0.2) is 37.4 Å². The normalized spacial score (nSPS) is 11.8. The molecular formula is C20H23NO6S. The van der Waals surface area contributed by atoms with Crippen LogP contribution in [0.3, 0.4) is 0 Å². The SMILES string of the molecule is Cc1ccc(NC(=O)OC(C)(C)C)cc1-c1ccc(C(=O)O)c(S(C)(=O)=O)c1. The molecule has 28 heavy (non-hydrogen) atoms. The summed E-state index contributed by atoms with van der Waals surface area (Å²) in [6, 6.07) is 9.29. The van der Waals surface area contributed by atoms with Crippen molar-refractivity contribution in [2.45, 2.75) is 38.2 Å². The molecule has 2 aromatic carbocycles. The highest BCUT2D eigenvalue weighted by Crippen LogP contribution is 2.30. The van der Waals surface area contributed by atoms with Gasteiger partial charge in [0.05, 0.1) is 10.5 Å². The van der Waals surface area contributed by atoms with E-state index in [4.69, 9.17) is 4.74 Å². The highest BCUT2D eigenvalue weighted by atomic mass is 32.2. The number of carbonyl (C=O) groups is 2. The summed E-state index contributed by atoms with van der Waals surface area (Å²) in [5.74, 6) is -1.32. The molecule has 0 radical (unpaired) electrons. The number of sulfone groups is 1. The number of anilines is 1. The van der Waals surface area contributed by atoms with Crippen molar-refractivity contribution in [2.24, 2.45) is 0 Å². The number of aromatic carboxylic acids is 1. The van der Waals surface area contributed by atoms with Crippen molar-refractivity contribution in [3.8, 4) is 11.1 Å². The van der Waals surface area contributed by atoms with Crippen LogP contribution < -0.4 is 5.32 Å². The van der Waals surface area contributed by atoms with Crippen molar-refractivity contribution < 1.29 is 27.9 Å². The van der Waals surface area contributed by atoms with Crippen LogP contribution in [0.15, 0.2) is 41.3 Å². The molecule has 0 aliphatic rings. The number of carbonyl (C=O) groups excluding carboxylic acids is 1. The van der Waals surface area contributed by atoms with Crippen LogP contribution in [0, 0.1) is 6.92 Å². The molecule has 0 saturated carbocycles. The molecule has 1 amide bonds. The van der Waals surface area contributed by atoms with Crippen molar-refractivity contribution in [3.05, 3.63) is 47.5 Å². The average molecular weight is 405 g/mol. The first-order chi connectivity index (χ1) is 12.8. The Bertz CT molecular complexity index is 1040. The fraction of sp³-hybridized carbons (Fsp3) is 0.300. The molecule has 7 nitrogen and oxygen atoms in total. The van der Waals surface area contributed by atoms with Gasteiger partial charge in [0, 0.05) is 11.9 Å². The molecule has 0 heterocycles. The Morgan fingerprint density at radius 1 is 1.07 bits per heavy atom. The topological polar surface area (TPSA) is 110 Å². The molecule has 150 valence electrons. The number of hydrogen-bond donors (Lipinski definition) is 2. The molecule has 0 unspecified atom stereocenters. The molecule has 0 spiro atoms. The number of ether oxygens (including phenoxy) is 1. The van der Waals surface area contributed by atoms with E-state index in [9.17, 15) is 23.1 Å². The largest absolute Gasteiger partial charge is 0.478 e. The number of amides is 1. The van der Waals surface area contributed by atoms with Gasteiger partial charge in [-0.2, -0.15) is 0 Å². The zero-order chi connectivity index (χ0) is 21.3. The van der Waals surface area contributed by atoms with Crippen molar-refractivity contribution in [1.29, 1.82) is 0 Å². The van der Waals surface area contributed by atoms with Crippen molar-refractivity contribution in [1.82, 2.24) is 0 Å². The molecule has 2 N–H and O–H groups in total. The van der Waals surface area contributed by atoms with E-state index in [1.165, 1.54) is 18.2 Å². The summed E-state index contributed by atoms with van der Waals surface area (Å²) in [4.78, 5) is 23.1. The van der Waals surface area contributed by atoms with Crippen LogP contribution in [0.4, 0.5) is 10.5 Å². The first kappa shape index (κ1) is 21.4. The van der Waals surface area contributed by atoms with Crippen molar-refractivity contribution in [3.63, 3.8) is 0 Å². The van der Waals surface area contributed by atoms with Gasteiger partial charge >= 0.3 is 12.1 Å². The number of rotatable bonds is 4. The van der Waals surface area contributed by atoms with E-state index in [1.807, 2.05) is 6.92 Å². The van der Waals surface area contributed by atoms with Gasteiger partial charge in [0.1, 0.15) is 5.60 Å². The van der Waals surface area contributed by atoms with Crippen LogP contribution in [-0.2, 0) is 14.6 Å². The smallest absolute Gasteiger partial charge is 0.412 e. The van der Waals surface area contributed by atoms with Gasteiger partial charge in [-0.05, 0) is 68.7 Å². The van der Waals surface area contributed by atoms with E-state index in [0.717, 1.165) is 11.8 Å². The second kappa shape index (κ2) is 7.63. The molecule has 0 aliphatic heterocycles. The van der Waals surface area contributed by atoms with Crippen molar-refractivity contribution >= 4 is 27.6 Å². The number of benzene rings is 2. The third-order valence-electron chi connectivity index (χ3n) is 3.81. The zero-order valence-corrected chi connectivity index (χ0v) is 17.2. The lowest BCUT2D eigenvalue weighted by molar-refractivity contribution is 0.0634. The Morgan fingerprint density at radius 3 is 2.25 bits per heavy atom. The summed E-state index contributed by atoms with van der Waals surface area (Å²) in [7, 11) is -3.74. The Labute approximate surface area is 164 Å². The quantitative estimate of drug-likeness (QED) is 0.792. The summed E-state index contributed by atoms with van der Waals surface area (Å²) in [6.45, 7) is 7.09. The summed E-state index contributed by atoms with van der Waals surface area (Å²) >= 11 is 0. The van der Waals surface area contributed by atoms with Gasteiger partial charge < -0.3 is 9.84 Å². The van der Waals surface area contributed by atoms with E-state index < -0.39 is 27.5 Å². The maximum atomic E-state index is 12.0. The zero-order valence-electron chi connectivity index (χ0n) is 16.4. The summed E-state index contributed by atoms with van der Waals surface area (Å²) in [6.07, 6.45) is 0.353. The molecule has 2 rings (SSSR count). The molecule has 0 fully saturated rings. The van der Waals surface area contributed by atoms with E-state index >= 15 is 0 Å². The number of aryl methyl sites for hydroxylation is 1. The minimum Gasteiger partial charge on any atom is -0.478 e. The summed E-state index contributed by atoms with van der Waals surface area (Å²) < 4.78 is 29.3. The first-order valence-corrected chi connectivity index (χ1v) is 10.4. The molecule has 0 atom stereocenters. The third-order valence-corrected chi connectivity index (χ3v) is 4.94. The highest BCUT2D eigenvalue weighted by molar-refractivity contribution is 7.90. The summed E-state index contributed by atoms with van der Waals surface area (Å²) in [5, 5.41) is 11.9. The Morgan fingerprint density at radius 2 is 1.71 bits per heavy atom. The van der Waals surface area contributed by atoms with Gasteiger partial charge in [0.25, 0.3) is 0 Å². The second-order valence-electron chi connectivity index (χ2n) is 7.44. The number of hydrogen-bond acceptors (Lipinski definition) is 5. The van der Waals surface area contributed by atoms with Gasteiger partial charge in [-0.15, -0.1) is 0 Å². The number of carboxylic acids is 1. The third kappa shape index (κ3) is 5.32. The van der Waals surface area contributed by atoms with Crippen LogP contribution in [0.2, 0.25) is 0 Å². The van der Waals surface area contributed by atoms with Gasteiger partial charge in [-0.1, -0.05) is 12.1 Å². The second-order valence-corrected chi connectivity index (χ2v) is 9.43. The van der Waals surface area contributed by atoms with Crippen LogP contribution in [0.1, 0.15) is 36.7 Å². The van der Waals surface area contributed by atoms with Gasteiger partial charge in [-0.25, -0.2) is 18.0 Å². The molecule has 0 bridgehead atoms.